The number of benzene rings is 2. The molecule has 0 unspecified atom stereocenters. The number of rotatable bonds is 3. The number of hydrogen-bond donors (Lipinski definition) is 2. The van der Waals surface area contributed by atoms with E-state index < -0.39 is 17.6 Å². The van der Waals surface area contributed by atoms with E-state index in [2.05, 4.69) is 21.2 Å². The van der Waals surface area contributed by atoms with Crippen molar-refractivity contribution in [2.24, 2.45) is 0 Å². The van der Waals surface area contributed by atoms with Crippen molar-refractivity contribution in [3.8, 4) is 5.69 Å². The molecule has 3 aromatic rings. The summed E-state index contributed by atoms with van der Waals surface area (Å²) in [5.41, 5.74) is 7.25. The molecule has 0 radical (unpaired) electrons. The number of carbonyl (C=O) groups excluding carboxylic acids is 2. The van der Waals surface area contributed by atoms with Crippen LogP contribution in [0.25, 0.3) is 5.69 Å². The largest absolute Gasteiger partial charge is 0.292 e. The lowest BCUT2D eigenvalue weighted by atomic mass is 10.2. The molecule has 2 N–H and O–H groups in total. The number of aromatic nitrogens is 3. The van der Waals surface area contributed by atoms with Gasteiger partial charge in [-0.3, -0.25) is 20.4 Å². The third-order valence-corrected chi connectivity index (χ3v) is 3.78. The van der Waals surface area contributed by atoms with Gasteiger partial charge in [-0.25, -0.2) is 9.07 Å². The molecule has 0 spiro atoms. The van der Waals surface area contributed by atoms with Crippen molar-refractivity contribution in [2.75, 3.05) is 0 Å². The van der Waals surface area contributed by atoms with Crippen molar-refractivity contribution in [1.29, 1.82) is 0 Å². The number of halogens is 1. The number of nitrogens with zero attached hydrogens (tertiary/aromatic N) is 3. The van der Waals surface area contributed by atoms with E-state index >= 15 is 0 Å². The maximum Gasteiger partial charge on any atom is 0.292 e. The highest BCUT2D eigenvalue weighted by Gasteiger charge is 2.18. The number of nitrogens with one attached hydrogen (secondary N) is 2. The van der Waals surface area contributed by atoms with Crippen molar-refractivity contribution in [2.45, 2.75) is 13.8 Å². The summed E-state index contributed by atoms with van der Waals surface area (Å²) in [7, 11) is 0. The molecule has 7 nitrogen and oxygen atoms in total. The fourth-order valence-electron chi connectivity index (χ4n) is 2.32. The Hall–Kier alpha value is -3.55. The Morgan fingerprint density at radius 1 is 0.923 bits per heavy atom. The average Bonchev–Trinajstić information content (AvgIpc) is 3.02. The van der Waals surface area contributed by atoms with E-state index in [1.807, 2.05) is 31.2 Å². The van der Waals surface area contributed by atoms with Crippen molar-refractivity contribution in [3.63, 3.8) is 0 Å². The molecule has 0 aliphatic carbocycles. The van der Waals surface area contributed by atoms with Gasteiger partial charge in [-0.15, -0.1) is 5.10 Å². The Balaban J connectivity index is 1.69. The lowest BCUT2D eigenvalue weighted by molar-refractivity contribution is 0.0843. The number of hydrazine groups is 1. The molecule has 8 heteroatoms. The number of amides is 2. The van der Waals surface area contributed by atoms with Crippen molar-refractivity contribution in [3.05, 3.63) is 76.9 Å². The molecule has 2 amide bonds. The molecule has 0 aliphatic heterocycles. The van der Waals surface area contributed by atoms with Crippen LogP contribution in [-0.2, 0) is 0 Å². The molecule has 3 rings (SSSR count). The molecule has 0 saturated carbocycles. The Bertz CT molecular complexity index is 949. The van der Waals surface area contributed by atoms with E-state index in [9.17, 15) is 14.0 Å². The number of aryl methyl sites for hydroxylation is 1. The lowest BCUT2D eigenvalue weighted by Crippen LogP contribution is -2.42. The second-order valence-corrected chi connectivity index (χ2v) is 5.69. The maximum absolute atomic E-state index is 12.9. The summed E-state index contributed by atoms with van der Waals surface area (Å²) in [6, 6.07) is 12.6. The molecule has 1 aromatic heterocycles. The Morgan fingerprint density at radius 2 is 1.54 bits per heavy atom. The summed E-state index contributed by atoms with van der Waals surface area (Å²) < 4.78 is 14.4. The van der Waals surface area contributed by atoms with Crippen molar-refractivity contribution in [1.82, 2.24) is 25.8 Å². The molecule has 2 aromatic carbocycles. The standard InChI is InChI=1S/C18H16FN5O2/c1-11-3-9-15(10-4-11)24-12(2)16(20-23-24)18(26)22-21-17(25)13-5-7-14(19)8-6-13/h3-10H,1-2H3,(H,21,25)(H,22,26). The molecule has 26 heavy (non-hydrogen) atoms. The van der Waals surface area contributed by atoms with Crippen molar-refractivity contribution < 1.29 is 14.0 Å². The zero-order valence-corrected chi connectivity index (χ0v) is 14.2. The van der Waals surface area contributed by atoms with Crippen molar-refractivity contribution >= 4 is 11.8 Å². The first-order valence-electron chi connectivity index (χ1n) is 7.81. The highest BCUT2D eigenvalue weighted by molar-refractivity contribution is 5.98. The quantitative estimate of drug-likeness (QED) is 0.706. The zero-order valence-electron chi connectivity index (χ0n) is 14.2. The molecule has 0 fully saturated rings. The number of hydrogen-bond acceptors (Lipinski definition) is 4. The van der Waals surface area contributed by atoms with Crippen LogP contribution in [0.15, 0.2) is 48.5 Å². The number of carbonyl (C=O) groups is 2. The minimum absolute atomic E-state index is 0.0879. The van der Waals surface area contributed by atoms with Crippen LogP contribution in [0, 0.1) is 19.7 Å². The van der Waals surface area contributed by atoms with E-state index in [1.54, 1.807) is 6.92 Å². The minimum atomic E-state index is -0.601. The summed E-state index contributed by atoms with van der Waals surface area (Å²) in [5, 5.41) is 7.86. The van der Waals surface area contributed by atoms with Crippen LogP contribution < -0.4 is 10.9 Å². The van der Waals surface area contributed by atoms with Crippen LogP contribution in [-0.4, -0.2) is 26.8 Å². The molecular formula is C18H16FN5O2. The fourth-order valence-corrected chi connectivity index (χ4v) is 2.32. The topological polar surface area (TPSA) is 88.9 Å². The lowest BCUT2D eigenvalue weighted by Gasteiger charge is -2.07. The Labute approximate surface area is 148 Å². The van der Waals surface area contributed by atoms with Gasteiger partial charge < -0.3 is 0 Å². The molecule has 132 valence electrons. The van der Waals surface area contributed by atoms with Gasteiger partial charge in [-0.1, -0.05) is 22.9 Å². The predicted octanol–water partition coefficient (Wildman–Crippen LogP) is 2.10. The molecule has 0 aliphatic rings. The van der Waals surface area contributed by atoms with Crippen LogP contribution in [0.2, 0.25) is 0 Å². The van der Waals surface area contributed by atoms with Crippen LogP contribution in [0.5, 0.6) is 0 Å². The Kier molecular flexibility index (Phi) is 4.74. The van der Waals surface area contributed by atoms with E-state index in [1.165, 1.54) is 16.8 Å². The summed E-state index contributed by atoms with van der Waals surface area (Å²) in [6.45, 7) is 3.68. The van der Waals surface area contributed by atoms with Gasteiger partial charge in [0.1, 0.15) is 5.82 Å². The fraction of sp³-hybridized carbons (Fsp3) is 0.111. The summed E-state index contributed by atoms with van der Waals surface area (Å²) in [5.74, 6) is -1.62. The normalized spacial score (nSPS) is 10.4. The van der Waals surface area contributed by atoms with E-state index in [0.717, 1.165) is 23.4 Å². The molecule has 0 atom stereocenters. The summed E-state index contributed by atoms with van der Waals surface area (Å²) >= 11 is 0. The highest BCUT2D eigenvalue weighted by atomic mass is 19.1. The Morgan fingerprint density at radius 3 is 2.19 bits per heavy atom. The third-order valence-electron chi connectivity index (χ3n) is 3.78. The van der Waals surface area contributed by atoms with Crippen LogP contribution in [0.4, 0.5) is 4.39 Å². The van der Waals surface area contributed by atoms with E-state index in [4.69, 9.17) is 0 Å². The second kappa shape index (κ2) is 7.14. The third kappa shape index (κ3) is 3.59. The monoisotopic (exact) mass is 353 g/mol. The zero-order chi connectivity index (χ0) is 18.7. The first-order valence-corrected chi connectivity index (χ1v) is 7.81. The molecule has 0 saturated heterocycles. The van der Waals surface area contributed by atoms with Crippen LogP contribution in [0.1, 0.15) is 32.1 Å². The van der Waals surface area contributed by atoms with Gasteiger partial charge in [-0.05, 0) is 50.2 Å². The van der Waals surface area contributed by atoms with Gasteiger partial charge in [0.05, 0.1) is 11.4 Å². The van der Waals surface area contributed by atoms with Gasteiger partial charge in [0.15, 0.2) is 5.69 Å². The second-order valence-electron chi connectivity index (χ2n) is 5.69. The first-order chi connectivity index (χ1) is 12.5. The van der Waals surface area contributed by atoms with Gasteiger partial charge in [-0.2, -0.15) is 0 Å². The van der Waals surface area contributed by atoms with Crippen LogP contribution in [0.3, 0.4) is 0 Å². The highest BCUT2D eigenvalue weighted by Crippen LogP contribution is 2.13. The van der Waals surface area contributed by atoms with Gasteiger partial charge in [0, 0.05) is 5.56 Å². The smallest absolute Gasteiger partial charge is 0.267 e. The van der Waals surface area contributed by atoms with Gasteiger partial charge >= 0.3 is 0 Å². The first kappa shape index (κ1) is 17.3. The average molecular weight is 353 g/mol. The van der Waals surface area contributed by atoms with E-state index in [-0.39, 0.29) is 11.3 Å². The molecule has 0 bridgehead atoms. The SMILES string of the molecule is Cc1ccc(-n2nnc(C(=O)NNC(=O)c3ccc(F)cc3)c2C)cc1. The molecular weight excluding hydrogens is 337 g/mol. The minimum Gasteiger partial charge on any atom is -0.267 e. The maximum atomic E-state index is 12.9. The van der Waals surface area contributed by atoms with Gasteiger partial charge in [0.2, 0.25) is 0 Å². The van der Waals surface area contributed by atoms with Crippen LogP contribution >= 0.6 is 0 Å². The summed E-state index contributed by atoms with van der Waals surface area (Å²) in [6.07, 6.45) is 0. The summed E-state index contributed by atoms with van der Waals surface area (Å²) in [4.78, 5) is 24.2. The molecule has 1 heterocycles. The predicted molar refractivity (Wildman–Crippen MR) is 92.2 cm³/mol. The van der Waals surface area contributed by atoms with E-state index in [0.29, 0.717) is 5.69 Å². The van der Waals surface area contributed by atoms with Gasteiger partial charge in [0.25, 0.3) is 11.8 Å².